The predicted octanol–water partition coefficient (Wildman–Crippen LogP) is 4.81. The maximum Gasteiger partial charge on any atom is 0.287 e. The molecule has 0 radical (unpaired) electrons. The maximum absolute atomic E-state index is 10.7. The molecule has 1 aromatic heterocycles. The normalized spacial score (nSPS) is 18.4. The van der Waals surface area contributed by atoms with Gasteiger partial charge in [-0.3, -0.25) is 15.5 Å². The van der Waals surface area contributed by atoms with E-state index in [1.807, 2.05) is 6.07 Å². The lowest BCUT2D eigenvalue weighted by molar-refractivity contribution is -0.385. The molecule has 0 fully saturated rings. The van der Waals surface area contributed by atoms with Gasteiger partial charge in [0.1, 0.15) is 12.0 Å². The van der Waals surface area contributed by atoms with Crippen LogP contribution in [-0.4, -0.2) is 28.7 Å². The number of hydrogen-bond donors (Lipinski definition) is 1. The van der Waals surface area contributed by atoms with E-state index in [4.69, 9.17) is 11.6 Å². The van der Waals surface area contributed by atoms with E-state index in [0.717, 1.165) is 17.7 Å². The standard InChI is InChI=1S/C19H22ClN5O2/c1-12-9-19(2,3)24(4)17-8-16(20)13(7-15(12)17)10-22-23-18-6-5-14(11-21-18)25(26)27/h5-8,10-12H,9H2,1-4H3,(H,21,23)/b22-10-. The van der Waals surface area contributed by atoms with Gasteiger partial charge < -0.3 is 4.90 Å². The van der Waals surface area contributed by atoms with Gasteiger partial charge in [-0.1, -0.05) is 18.5 Å². The summed E-state index contributed by atoms with van der Waals surface area (Å²) < 4.78 is 0. The minimum absolute atomic E-state index is 0.0664. The molecule has 1 aliphatic heterocycles. The van der Waals surface area contributed by atoms with Gasteiger partial charge in [-0.05, 0) is 49.9 Å². The molecule has 8 heteroatoms. The number of pyridine rings is 1. The Morgan fingerprint density at radius 3 is 2.81 bits per heavy atom. The van der Waals surface area contributed by atoms with Crippen molar-refractivity contribution < 1.29 is 4.92 Å². The molecule has 7 nitrogen and oxygen atoms in total. The van der Waals surface area contributed by atoms with Gasteiger partial charge in [0.25, 0.3) is 5.69 Å². The van der Waals surface area contributed by atoms with Crippen LogP contribution in [0.1, 0.15) is 44.2 Å². The number of rotatable bonds is 4. The average Bonchev–Trinajstić information content (AvgIpc) is 2.61. The lowest BCUT2D eigenvalue weighted by Crippen LogP contribution is -2.45. The third-order valence-corrected chi connectivity index (χ3v) is 5.42. The van der Waals surface area contributed by atoms with Gasteiger partial charge in [-0.15, -0.1) is 0 Å². The molecule has 1 aliphatic rings. The minimum Gasteiger partial charge on any atom is -0.369 e. The zero-order valence-corrected chi connectivity index (χ0v) is 16.5. The van der Waals surface area contributed by atoms with Crippen LogP contribution < -0.4 is 10.3 Å². The van der Waals surface area contributed by atoms with Crippen LogP contribution in [0.5, 0.6) is 0 Å². The first-order chi connectivity index (χ1) is 12.7. The first-order valence-corrected chi connectivity index (χ1v) is 9.03. The fraction of sp³-hybridized carbons (Fsp3) is 0.368. The summed E-state index contributed by atoms with van der Waals surface area (Å²) in [4.78, 5) is 16.4. The van der Waals surface area contributed by atoms with E-state index in [-0.39, 0.29) is 11.2 Å². The van der Waals surface area contributed by atoms with Crippen LogP contribution in [0, 0.1) is 10.1 Å². The number of hydrazone groups is 1. The third-order valence-electron chi connectivity index (χ3n) is 5.09. The Bertz CT molecular complexity index is 896. The second kappa shape index (κ2) is 7.15. The number of benzene rings is 1. The lowest BCUT2D eigenvalue weighted by Gasteiger charge is -2.45. The van der Waals surface area contributed by atoms with Crippen LogP contribution in [0.4, 0.5) is 17.2 Å². The number of hydrogen-bond acceptors (Lipinski definition) is 6. The molecule has 0 bridgehead atoms. The Balaban J connectivity index is 1.81. The Labute approximate surface area is 163 Å². The van der Waals surface area contributed by atoms with Crippen LogP contribution in [0.15, 0.2) is 35.6 Å². The summed E-state index contributed by atoms with van der Waals surface area (Å²) in [5.74, 6) is 0.834. The molecule has 1 aromatic carbocycles. The van der Waals surface area contributed by atoms with Gasteiger partial charge in [-0.25, -0.2) is 4.98 Å². The Kier molecular flexibility index (Phi) is 5.06. The lowest BCUT2D eigenvalue weighted by atomic mass is 9.80. The second-order valence-corrected chi connectivity index (χ2v) is 7.85. The third kappa shape index (κ3) is 3.88. The van der Waals surface area contributed by atoms with Gasteiger partial charge in [0.05, 0.1) is 16.2 Å². The van der Waals surface area contributed by atoms with E-state index >= 15 is 0 Å². The Hall–Kier alpha value is -2.67. The van der Waals surface area contributed by atoms with Crippen molar-refractivity contribution >= 4 is 35.0 Å². The van der Waals surface area contributed by atoms with E-state index in [1.165, 1.54) is 23.9 Å². The first kappa shape index (κ1) is 19.1. The molecular weight excluding hydrogens is 366 g/mol. The molecule has 0 spiro atoms. The molecule has 0 saturated carbocycles. The van der Waals surface area contributed by atoms with Crippen LogP contribution in [0.2, 0.25) is 5.02 Å². The van der Waals surface area contributed by atoms with Crippen molar-refractivity contribution in [1.82, 2.24) is 4.98 Å². The zero-order chi connectivity index (χ0) is 19.8. The predicted molar refractivity (Wildman–Crippen MR) is 109 cm³/mol. The topological polar surface area (TPSA) is 83.7 Å². The van der Waals surface area contributed by atoms with E-state index in [0.29, 0.717) is 16.8 Å². The van der Waals surface area contributed by atoms with Crippen LogP contribution >= 0.6 is 11.6 Å². The summed E-state index contributed by atoms with van der Waals surface area (Å²) in [5.41, 5.74) is 5.98. The smallest absolute Gasteiger partial charge is 0.287 e. The van der Waals surface area contributed by atoms with Crippen molar-refractivity contribution in [3.63, 3.8) is 0 Å². The molecular formula is C19H22ClN5O2. The van der Waals surface area contributed by atoms with E-state index in [2.05, 4.69) is 54.3 Å². The van der Waals surface area contributed by atoms with Crippen LogP contribution in [0.3, 0.4) is 0 Å². The highest BCUT2D eigenvalue weighted by Crippen LogP contribution is 2.44. The largest absolute Gasteiger partial charge is 0.369 e. The van der Waals surface area contributed by atoms with Crippen LogP contribution in [-0.2, 0) is 0 Å². The van der Waals surface area contributed by atoms with Gasteiger partial charge >= 0.3 is 0 Å². The molecule has 142 valence electrons. The van der Waals surface area contributed by atoms with Crippen molar-refractivity contribution in [3.05, 3.63) is 56.7 Å². The summed E-state index contributed by atoms with van der Waals surface area (Å²) in [7, 11) is 2.09. The first-order valence-electron chi connectivity index (χ1n) is 8.66. The molecule has 3 rings (SSSR count). The SMILES string of the molecule is CC1CC(C)(C)N(C)c2cc(Cl)c(/C=N\Nc3ccc([N+](=O)[O-])cn3)cc21. The molecule has 0 aliphatic carbocycles. The summed E-state index contributed by atoms with van der Waals surface area (Å²) in [6.45, 7) is 6.69. The number of anilines is 2. The van der Waals surface area contributed by atoms with Gasteiger partial charge in [-0.2, -0.15) is 5.10 Å². The van der Waals surface area contributed by atoms with Gasteiger partial charge in [0.15, 0.2) is 0 Å². The molecule has 0 amide bonds. The van der Waals surface area contributed by atoms with Crippen LogP contribution in [0.25, 0.3) is 0 Å². The van der Waals surface area contributed by atoms with Crippen molar-refractivity contribution in [2.75, 3.05) is 17.4 Å². The molecule has 2 aromatic rings. The van der Waals surface area contributed by atoms with E-state index in [9.17, 15) is 10.1 Å². The number of nitrogens with one attached hydrogen (secondary N) is 1. The number of fused-ring (bicyclic) bond motifs is 1. The van der Waals surface area contributed by atoms with E-state index < -0.39 is 4.92 Å². The highest BCUT2D eigenvalue weighted by molar-refractivity contribution is 6.33. The fourth-order valence-electron chi connectivity index (χ4n) is 3.43. The fourth-order valence-corrected chi connectivity index (χ4v) is 3.64. The molecule has 0 saturated heterocycles. The van der Waals surface area contributed by atoms with Gasteiger partial charge in [0, 0.05) is 29.9 Å². The monoisotopic (exact) mass is 387 g/mol. The highest BCUT2D eigenvalue weighted by atomic mass is 35.5. The zero-order valence-electron chi connectivity index (χ0n) is 15.7. The number of halogens is 1. The maximum atomic E-state index is 10.7. The Morgan fingerprint density at radius 1 is 1.44 bits per heavy atom. The van der Waals surface area contributed by atoms with Crippen molar-refractivity contribution in [1.29, 1.82) is 0 Å². The molecule has 2 heterocycles. The van der Waals surface area contributed by atoms with Crippen molar-refractivity contribution in [2.24, 2.45) is 5.10 Å². The summed E-state index contributed by atoms with van der Waals surface area (Å²) in [6.07, 6.45) is 3.88. The highest BCUT2D eigenvalue weighted by Gasteiger charge is 2.34. The van der Waals surface area contributed by atoms with Crippen molar-refractivity contribution in [2.45, 2.75) is 38.6 Å². The average molecular weight is 388 g/mol. The number of nitrogens with zero attached hydrogens (tertiary/aromatic N) is 4. The number of aromatic nitrogens is 1. The molecule has 1 atom stereocenters. The van der Waals surface area contributed by atoms with Gasteiger partial charge in [0.2, 0.25) is 0 Å². The quantitative estimate of drug-likeness (QED) is 0.462. The van der Waals surface area contributed by atoms with Crippen molar-refractivity contribution in [3.8, 4) is 0 Å². The second-order valence-electron chi connectivity index (χ2n) is 7.44. The summed E-state index contributed by atoms with van der Waals surface area (Å²) >= 11 is 6.47. The Morgan fingerprint density at radius 2 is 2.19 bits per heavy atom. The molecule has 27 heavy (non-hydrogen) atoms. The minimum atomic E-state index is -0.494. The molecule has 1 unspecified atom stereocenters. The summed E-state index contributed by atoms with van der Waals surface area (Å²) in [5, 5.41) is 15.4. The number of nitro groups is 1. The van der Waals surface area contributed by atoms with E-state index in [1.54, 1.807) is 6.21 Å². The summed E-state index contributed by atoms with van der Waals surface area (Å²) in [6, 6.07) is 6.93. The molecule has 1 N–H and O–H groups in total.